The number of H-pyrrole nitrogens is 1. The van der Waals surface area contributed by atoms with Crippen molar-refractivity contribution in [2.75, 3.05) is 17.2 Å². The van der Waals surface area contributed by atoms with E-state index in [1.807, 2.05) is 17.0 Å². The average Bonchev–Trinajstić information content (AvgIpc) is 3.25. The minimum Gasteiger partial charge on any atom is -0.354 e. The maximum absolute atomic E-state index is 13.5. The molecule has 1 amide bonds. The van der Waals surface area contributed by atoms with E-state index in [0.29, 0.717) is 6.54 Å². The molecule has 1 aliphatic rings. The Bertz CT molecular complexity index is 1250. The number of carbonyl (C=O) groups is 1. The molecule has 0 spiro atoms. The summed E-state index contributed by atoms with van der Waals surface area (Å²) in [6, 6.07) is 18.7. The highest BCUT2D eigenvalue weighted by molar-refractivity contribution is 7.99. The monoisotopic (exact) mass is 429 g/mol. The van der Waals surface area contributed by atoms with Crippen LogP contribution in [0.2, 0.25) is 0 Å². The van der Waals surface area contributed by atoms with Crippen LogP contribution < -0.4 is 4.90 Å². The lowest BCUT2D eigenvalue weighted by atomic mass is 10.0. The molecule has 0 atom stereocenters. The van der Waals surface area contributed by atoms with Crippen LogP contribution in [0.4, 0.5) is 10.1 Å². The second-order valence-corrected chi connectivity index (χ2v) is 8.55. The number of nitrogens with zero attached hydrogens (tertiary/aromatic N) is 2. The van der Waals surface area contributed by atoms with Crippen molar-refractivity contribution in [1.29, 1.82) is 0 Å². The third-order valence-electron chi connectivity index (χ3n) is 5.46. The van der Waals surface area contributed by atoms with Gasteiger partial charge in [0.2, 0.25) is 5.91 Å². The van der Waals surface area contributed by atoms with Gasteiger partial charge in [-0.3, -0.25) is 9.78 Å². The summed E-state index contributed by atoms with van der Waals surface area (Å²) in [5, 5.41) is 0. The zero-order chi connectivity index (χ0) is 21.4. The zero-order valence-corrected chi connectivity index (χ0v) is 17.7. The molecule has 0 saturated heterocycles. The summed E-state index contributed by atoms with van der Waals surface area (Å²) in [4.78, 5) is 22.7. The van der Waals surface area contributed by atoms with Crippen molar-refractivity contribution < 1.29 is 9.18 Å². The maximum atomic E-state index is 13.5. The van der Waals surface area contributed by atoms with Gasteiger partial charge in [-0.2, -0.15) is 0 Å². The largest absolute Gasteiger partial charge is 0.354 e. The zero-order valence-electron chi connectivity index (χ0n) is 16.9. The number of aromatic amines is 1. The summed E-state index contributed by atoms with van der Waals surface area (Å²) in [7, 11) is 0. The third-order valence-corrected chi connectivity index (χ3v) is 6.50. The van der Waals surface area contributed by atoms with E-state index in [-0.39, 0.29) is 11.7 Å². The van der Waals surface area contributed by atoms with Crippen LogP contribution in [-0.4, -0.2) is 28.2 Å². The van der Waals surface area contributed by atoms with Gasteiger partial charge in [0, 0.05) is 53.3 Å². The number of rotatable bonds is 3. The van der Waals surface area contributed by atoms with Crippen LogP contribution in [-0.2, 0) is 4.79 Å². The molecule has 1 aliphatic heterocycles. The second-order valence-electron chi connectivity index (χ2n) is 7.42. The first-order valence-corrected chi connectivity index (χ1v) is 11.0. The van der Waals surface area contributed by atoms with Crippen molar-refractivity contribution in [3.8, 4) is 33.6 Å². The number of anilines is 1. The molecule has 6 heteroatoms. The van der Waals surface area contributed by atoms with Gasteiger partial charge in [-0.15, -0.1) is 11.8 Å². The topological polar surface area (TPSA) is 49.0 Å². The van der Waals surface area contributed by atoms with Gasteiger partial charge >= 0.3 is 0 Å². The van der Waals surface area contributed by atoms with Gasteiger partial charge in [-0.1, -0.05) is 6.07 Å². The summed E-state index contributed by atoms with van der Waals surface area (Å²) in [5.41, 5.74) is 6.74. The number of hydrogen-bond donors (Lipinski definition) is 1. The van der Waals surface area contributed by atoms with Gasteiger partial charge in [0.05, 0.1) is 11.4 Å². The van der Waals surface area contributed by atoms with Crippen LogP contribution in [0.5, 0.6) is 0 Å². The van der Waals surface area contributed by atoms with Gasteiger partial charge in [-0.05, 0) is 65.7 Å². The van der Waals surface area contributed by atoms with Gasteiger partial charge < -0.3 is 9.88 Å². The van der Waals surface area contributed by atoms with Crippen molar-refractivity contribution in [1.82, 2.24) is 9.97 Å². The van der Waals surface area contributed by atoms with Gasteiger partial charge in [0.1, 0.15) is 5.82 Å². The predicted octanol–water partition coefficient (Wildman–Crippen LogP) is 6.01. The highest BCUT2D eigenvalue weighted by atomic mass is 32.2. The summed E-state index contributed by atoms with van der Waals surface area (Å²) in [6.45, 7) is 2.32. The molecule has 4 aromatic rings. The molecule has 1 N–H and O–H groups in total. The van der Waals surface area contributed by atoms with E-state index in [1.54, 1.807) is 43.2 Å². The number of pyridine rings is 1. The molecular weight excluding hydrogens is 409 g/mol. The summed E-state index contributed by atoms with van der Waals surface area (Å²) < 4.78 is 13.5. The Morgan fingerprint density at radius 1 is 1.00 bits per heavy atom. The van der Waals surface area contributed by atoms with Gasteiger partial charge in [0.25, 0.3) is 0 Å². The van der Waals surface area contributed by atoms with E-state index < -0.39 is 0 Å². The molecule has 4 nitrogen and oxygen atoms in total. The normalized spacial score (nSPS) is 13.2. The van der Waals surface area contributed by atoms with Crippen LogP contribution in [0.15, 0.2) is 78.0 Å². The van der Waals surface area contributed by atoms with Crippen molar-refractivity contribution in [3.63, 3.8) is 0 Å². The summed E-state index contributed by atoms with van der Waals surface area (Å²) in [6.07, 6.45) is 3.52. The molecule has 0 fully saturated rings. The van der Waals surface area contributed by atoms with E-state index >= 15 is 0 Å². The molecule has 5 rings (SSSR count). The number of thioether (sulfide) groups is 1. The van der Waals surface area contributed by atoms with E-state index in [1.165, 1.54) is 12.1 Å². The molecule has 2 aromatic heterocycles. The standard InChI is InChI=1S/C25H20FN3OS/c1-16(30)29-12-13-31-24-7-4-19(14-23(24)29)22-15-21(17-8-10-27-11-9-17)25(28-22)18-2-5-20(26)6-3-18/h2-11,14-15,28H,12-13H2,1H3. The molecule has 0 aliphatic carbocycles. The van der Waals surface area contributed by atoms with E-state index in [2.05, 4.69) is 34.2 Å². The molecule has 31 heavy (non-hydrogen) atoms. The van der Waals surface area contributed by atoms with Gasteiger partial charge in [-0.25, -0.2) is 4.39 Å². The number of aromatic nitrogens is 2. The number of carbonyl (C=O) groups excluding carboxylic acids is 1. The average molecular weight is 430 g/mol. The van der Waals surface area contributed by atoms with E-state index in [4.69, 9.17) is 0 Å². The van der Waals surface area contributed by atoms with Crippen molar-refractivity contribution in [2.45, 2.75) is 11.8 Å². The van der Waals surface area contributed by atoms with Crippen LogP contribution in [0.25, 0.3) is 33.6 Å². The van der Waals surface area contributed by atoms with Gasteiger partial charge in [0.15, 0.2) is 0 Å². The number of halogens is 1. The number of nitrogens with one attached hydrogen (secondary N) is 1. The number of fused-ring (bicyclic) bond motifs is 1. The fourth-order valence-corrected chi connectivity index (χ4v) is 4.90. The Labute approximate surface area is 184 Å². The third kappa shape index (κ3) is 3.75. The first kappa shape index (κ1) is 19.6. The molecule has 2 aromatic carbocycles. The summed E-state index contributed by atoms with van der Waals surface area (Å²) >= 11 is 1.77. The highest BCUT2D eigenvalue weighted by Gasteiger charge is 2.22. The Morgan fingerprint density at radius 2 is 1.74 bits per heavy atom. The lowest BCUT2D eigenvalue weighted by Gasteiger charge is -2.28. The molecule has 0 saturated carbocycles. The fraction of sp³-hybridized carbons (Fsp3) is 0.120. The highest BCUT2D eigenvalue weighted by Crippen LogP contribution is 2.40. The minimum absolute atomic E-state index is 0.0506. The fourth-order valence-electron chi connectivity index (χ4n) is 3.93. The minimum atomic E-state index is -0.266. The molecule has 0 bridgehead atoms. The Morgan fingerprint density at radius 3 is 2.48 bits per heavy atom. The Kier molecular flexibility index (Phi) is 5.08. The Hall–Kier alpha value is -3.38. The molecule has 0 unspecified atom stereocenters. The van der Waals surface area contributed by atoms with Crippen LogP contribution in [0, 0.1) is 5.82 Å². The lowest BCUT2D eigenvalue weighted by molar-refractivity contribution is -0.116. The molecule has 0 radical (unpaired) electrons. The van der Waals surface area contributed by atoms with Crippen molar-refractivity contribution in [3.05, 3.63) is 78.9 Å². The van der Waals surface area contributed by atoms with E-state index in [9.17, 15) is 9.18 Å². The predicted molar refractivity (Wildman–Crippen MR) is 124 cm³/mol. The lowest BCUT2D eigenvalue weighted by Crippen LogP contribution is -2.33. The molecule has 154 valence electrons. The van der Waals surface area contributed by atoms with Crippen LogP contribution >= 0.6 is 11.8 Å². The second kappa shape index (κ2) is 8.04. The first-order valence-electron chi connectivity index (χ1n) is 10.0. The number of amides is 1. The van der Waals surface area contributed by atoms with E-state index in [0.717, 1.165) is 50.0 Å². The van der Waals surface area contributed by atoms with Crippen LogP contribution in [0.1, 0.15) is 6.92 Å². The number of hydrogen-bond acceptors (Lipinski definition) is 3. The van der Waals surface area contributed by atoms with Crippen molar-refractivity contribution >= 4 is 23.4 Å². The molecule has 3 heterocycles. The first-order chi connectivity index (χ1) is 15.1. The van der Waals surface area contributed by atoms with Crippen molar-refractivity contribution in [2.24, 2.45) is 0 Å². The Balaban J connectivity index is 1.65. The SMILES string of the molecule is CC(=O)N1CCSc2ccc(-c3cc(-c4ccncc4)c(-c4ccc(F)cc4)[nH]3)cc21. The maximum Gasteiger partial charge on any atom is 0.223 e. The van der Waals surface area contributed by atoms with Crippen LogP contribution in [0.3, 0.4) is 0 Å². The number of benzene rings is 2. The quantitative estimate of drug-likeness (QED) is 0.434. The smallest absolute Gasteiger partial charge is 0.223 e. The summed E-state index contributed by atoms with van der Waals surface area (Å²) in [5.74, 6) is 0.683. The molecular formula is C25H20FN3OS.